The molecule has 0 fully saturated rings. The topological polar surface area (TPSA) is 30.7 Å². The van der Waals surface area contributed by atoms with Crippen LogP contribution in [0.2, 0.25) is 0 Å². The zero-order chi connectivity index (χ0) is 40.2. The van der Waals surface area contributed by atoms with Gasteiger partial charge in [-0.05, 0) is 63.7 Å². The number of rotatable bonds is 4. The lowest BCUT2D eigenvalue weighted by Crippen LogP contribution is -2.15. The van der Waals surface area contributed by atoms with E-state index in [-0.39, 0.29) is 34.7 Å². The highest BCUT2D eigenvalue weighted by atomic mass is 15.2. The predicted molar refractivity (Wildman–Crippen MR) is 190 cm³/mol. The van der Waals surface area contributed by atoms with Crippen molar-refractivity contribution in [2.45, 2.75) is 19.1 Å². The van der Waals surface area contributed by atoms with Crippen LogP contribution in [0.3, 0.4) is 0 Å². The van der Waals surface area contributed by atoms with E-state index in [0.717, 1.165) is 11.1 Å². The first-order chi connectivity index (χ1) is 27.1. The minimum Gasteiger partial charge on any atom is -0.278 e. The van der Waals surface area contributed by atoms with Crippen molar-refractivity contribution in [2.75, 3.05) is 0 Å². The van der Waals surface area contributed by atoms with Crippen molar-refractivity contribution in [3.63, 3.8) is 0 Å². The van der Waals surface area contributed by atoms with E-state index in [4.69, 9.17) is 25.0 Å². The second kappa shape index (κ2) is 10.1. The SMILES string of the molecule is [2H]c1c([2H])c([2H])c(-c2ccc3c(c2)c2cc4c(cc2n3-c2nc(-c3ccccc3)cc(-c3ccccc3)n2)C(C([2H])([2H])[2H])(C([2H])([2H])[2H])c2ccccc2-4)c([2H])c1[2H]. The molecule has 46 heavy (non-hydrogen) atoms. The summed E-state index contributed by atoms with van der Waals surface area (Å²) in [6.07, 6.45) is 0. The van der Waals surface area contributed by atoms with Gasteiger partial charge in [-0.15, -0.1) is 0 Å². The van der Waals surface area contributed by atoms with Crippen LogP contribution >= 0.6 is 0 Å². The van der Waals surface area contributed by atoms with E-state index in [1.54, 1.807) is 59.2 Å². The molecule has 3 heteroatoms. The maximum Gasteiger partial charge on any atom is 0.235 e. The van der Waals surface area contributed by atoms with Crippen molar-refractivity contribution in [3.8, 4) is 50.7 Å². The molecule has 0 N–H and O–H groups in total. The van der Waals surface area contributed by atoms with Crippen molar-refractivity contribution in [3.05, 3.63) is 163 Å². The standard InChI is InChI=1S/C43H31N3/c1-43(2)36-21-13-12-20-32(36)33-25-35-34-24-31(28-14-6-3-7-15-28)22-23-40(34)46(41(35)26-37(33)43)42-44-38(29-16-8-4-9-17-29)27-39(45-42)30-18-10-5-11-19-30/h3-27H,1-2H3/i1D3,2D3,3D,6D,7D,14D,15D. The third-order valence-corrected chi connectivity index (χ3v) is 8.77. The van der Waals surface area contributed by atoms with Gasteiger partial charge in [-0.1, -0.05) is 135 Å². The Bertz CT molecular complexity index is 2830. The van der Waals surface area contributed by atoms with Gasteiger partial charge in [-0.25, -0.2) is 9.97 Å². The van der Waals surface area contributed by atoms with Crippen molar-refractivity contribution < 1.29 is 15.1 Å². The molecule has 2 heterocycles. The third kappa shape index (κ3) is 4.05. The molecule has 0 atom stereocenters. The van der Waals surface area contributed by atoms with E-state index >= 15 is 0 Å². The molecule has 0 saturated heterocycles. The molecule has 2 aromatic heterocycles. The highest BCUT2D eigenvalue weighted by Gasteiger charge is 2.36. The monoisotopic (exact) mass is 600 g/mol. The Morgan fingerprint density at radius 3 is 1.89 bits per heavy atom. The summed E-state index contributed by atoms with van der Waals surface area (Å²) in [6.45, 7) is -6.00. The fourth-order valence-corrected chi connectivity index (χ4v) is 6.60. The molecule has 8 aromatic rings. The Labute approximate surface area is 283 Å². The van der Waals surface area contributed by atoms with E-state index in [1.807, 2.05) is 66.7 Å². The maximum absolute atomic E-state index is 8.85. The van der Waals surface area contributed by atoms with Crippen molar-refractivity contribution >= 4 is 21.8 Å². The average molecular weight is 601 g/mol. The lowest BCUT2D eigenvalue weighted by molar-refractivity contribution is 0.661. The second-order valence-corrected chi connectivity index (χ2v) is 11.4. The minimum absolute atomic E-state index is 0.0211. The molecule has 0 amide bonds. The van der Waals surface area contributed by atoms with Crippen LogP contribution in [0.4, 0.5) is 0 Å². The van der Waals surface area contributed by atoms with Crippen LogP contribution in [0.5, 0.6) is 0 Å². The first-order valence-electron chi connectivity index (χ1n) is 20.4. The fraction of sp³-hybridized carbons (Fsp3) is 0.0698. The summed E-state index contributed by atoms with van der Waals surface area (Å²) in [6, 6.07) is 34.2. The van der Waals surface area contributed by atoms with Crippen LogP contribution in [-0.2, 0) is 5.41 Å². The highest BCUT2D eigenvalue weighted by molar-refractivity contribution is 6.12. The van der Waals surface area contributed by atoms with Gasteiger partial charge in [0.05, 0.1) is 29.3 Å². The van der Waals surface area contributed by atoms with Crippen molar-refractivity contribution in [1.29, 1.82) is 0 Å². The molecule has 6 aromatic carbocycles. The number of nitrogens with zero attached hydrogens (tertiary/aromatic N) is 3. The molecule has 0 radical (unpaired) electrons. The van der Waals surface area contributed by atoms with Gasteiger partial charge in [0.1, 0.15) is 0 Å². The molecule has 0 unspecified atom stereocenters. The smallest absolute Gasteiger partial charge is 0.235 e. The number of aromatic nitrogens is 3. The van der Waals surface area contributed by atoms with E-state index in [2.05, 4.69) is 0 Å². The lowest BCUT2D eigenvalue weighted by Gasteiger charge is -2.21. The quantitative estimate of drug-likeness (QED) is 0.201. The summed E-state index contributed by atoms with van der Waals surface area (Å²) >= 11 is 0. The van der Waals surface area contributed by atoms with Crippen LogP contribution < -0.4 is 0 Å². The van der Waals surface area contributed by atoms with Gasteiger partial charge in [-0.3, -0.25) is 4.57 Å². The van der Waals surface area contributed by atoms with Gasteiger partial charge in [0.2, 0.25) is 5.95 Å². The molecule has 0 bridgehead atoms. The van der Waals surface area contributed by atoms with Crippen LogP contribution in [0.15, 0.2) is 152 Å². The van der Waals surface area contributed by atoms with Gasteiger partial charge in [-0.2, -0.15) is 0 Å². The van der Waals surface area contributed by atoms with E-state index in [0.29, 0.717) is 49.9 Å². The molecular formula is C43H31N3. The average Bonchev–Trinajstić information content (AvgIpc) is 3.69. The highest BCUT2D eigenvalue weighted by Crippen LogP contribution is 2.51. The minimum atomic E-state index is -3.00. The third-order valence-electron chi connectivity index (χ3n) is 8.77. The van der Waals surface area contributed by atoms with Gasteiger partial charge < -0.3 is 0 Å². The van der Waals surface area contributed by atoms with Crippen molar-refractivity contribution in [2.24, 2.45) is 0 Å². The molecule has 3 nitrogen and oxygen atoms in total. The van der Waals surface area contributed by atoms with Crippen molar-refractivity contribution in [1.82, 2.24) is 14.5 Å². The van der Waals surface area contributed by atoms with E-state index < -0.39 is 37.2 Å². The van der Waals surface area contributed by atoms with Gasteiger partial charge in [0.15, 0.2) is 0 Å². The summed E-state index contributed by atoms with van der Waals surface area (Å²) in [5.74, 6) is 0.231. The Kier molecular flexibility index (Phi) is 3.88. The normalized spacial score (nSPS) is 17.2. The summed E-state index contributed by atoms with van der Waals surface area (Å²) in [5.41, 5.74) is 3.09. The summed E-state index contributed by atoms with van der Waals surface area (Å²) in [4.78, 5) is 10.2. The summed E-state index contributed by atoms with van der Waals surface area (Å²) in [5, 5.41) is 1.18. The molecular weight excluding hydrogens is 558 g/mol. The number of fused-ring (bicyclic) bond motifs is 6. The number of hydrogen-bond acceptors (Lipinski definition) is 2. The molecule has 0 aliphatic heterocycles. The number of benzene rings is 6. The van der Waals surface area contributed by atoms with Gasteiger partial charge >= 0.3 is 0 Å². The lowest BCUT2D eigenvalue weighted by atomic mass is 9.82. The molecule has 0 saturated carbocycles. The Balaban J connectivity index is 1.44. The fourth-order valence-electron chi connectivity index (χ4n) is 6.60. The predicted octanol–water partition coefficient (Wildman–Crippen LogP) is 10.9. The molecule has 218 valence electrons. The van der Waals surface area contributed by atoms with E-state index in [9.17, 15) is 0 Å². The van der Waals surface area contributed by atoms with Gasteiger partial charge in [0, 0.05) is 35.5 Å². The zero-order valence-corrected chi connectivity index (χ0v) is 24.4. The Morgan fingerprint density at radius 2 is 1.20 bits per heavy atom. The van der Waals surface area contributed by atoms with Crippen LogP contribution in [0.25, 0.3) is 72.5 Å². The van der Waals surface area contributed by atoms with Gasteiger partial charge in [0.25, 0.3) is 0 Å². The largest absolute Gasteiger partial charge is 0.278 e. The Morgan fingerprint density at radius 1 is 0.543 bits per heavy atom. The number of hydrogen-bond donors (Lipinski definition) is 0. The zero-order valence-electron chi connectivity index (χ0n) is 35.4. The van der Waals surface area contributed by atoms with Crippen LogP contribution in [-0.4, -0.2) is 14.5 Å². The van der Waals surface area contributed by atoms with Crippen LogP contribution in [0.1, 0.15) is 39.9 Å². The molecule has 1 aliphatic rings. The maximum atomic E-state index is 8.85. The summed E-state index contributed by atoms with van der Waals surface area (Å²) in [7, 11) is 0. The second-order valence-electron chi connectivity index (χ2n) is 11.4. The van der Waals surface area contributed by atoms with Crippen LogP contribution in [0, 0.1) is 0 Å². The first-order valence-corrected chi connectivity index (χ1v) is 14.9. The first kappa shape index (κ1) is 17.6. The molecule has 0 spiro atoms. The summed E-state index contributed by atoms with van der Waals surface area (Å²) < 4.78 is 97.2. The molecule has 1 aliphatic carbocycles. The Hall–Kier alpha value is -5.80. The van der Waals surface area contributed by atoms with E-state index in [1.165, 1.54) is 0 Å². The molecule has 9 rings (SSSR count).